The summed E-state index contributed by atoms with van der Waals surface area (Å²) in [7, 11) is 1.79. The highest BCUT2D eigenvalue weighted by molar-refractivity contribution is 9.10. The number of anilines is 1. The van der Waals surface area contributed by atoms with Crippen LogP contribution in [0, 0.1) is 5.82 Å². The second kappa shape index (κ2) is 5.29. The monoisotopic (exact) mass is 347 g/mol. The maximum Gasteiger partial charge on any atom is 0.276 e. The predicted octanol–water partition coefficient (Wildman–Crippen LogP) is 3.73. The Hall–Kier alpha value is -2.21. The number of benzene rings is 2. The molecule has 4 nitrogen and oxygen atoms in total. The average molecular weight is 348 g/mol. The first kappa shape index (κ1) is 13.8. The minimum atomic E-state index is -0.378. The Morgan fingerprint density at radius 2 is 2.05 bits per heavy atom. The summed E-state index contributed by atoms with van der Waals surface area (Å²) in [5, 5.41) is 7.74. The summed E-state index contributed by atoms with van der Waals surface area (Å²) in [4.78, 5) is 12.3. The standard InChI is InChI=1S/C15H11BrFN3O/c1-20-13-5-3-2-4-10(13)14(19-20)15(21)18-9-6-7-12(17)11(16)8-9/h2-8H,1H3,(H,18,21). The SMILES string of the molecule is Cn1nc(C(=O)Nc2ccc(F)c(Br)c2)c2ccccc21. The van der Waals surface area contributed by atoms with Gasteiger partial charge in [-0.05, 0) is 40.2 Å². The van der Waals surface area contributed by atoms with E-state index in [-0.39, 0.29) is 11.7 Å². The number of halogens is 2. The minimum Gasteiger partial charge on any atom is -0.321 e. The molecule has 1 aromatic heterocycles. The lowest BCUT2D eigenvalue weighted by atomic mass is 10.2. The summed E-state index contributed by atoms with van der Waals surface area (Å²) < 4.78 is 15.2. The molecule has 3 aromatic rings. The molecule has 0 aliphatic heterocycles. The molecule has 0 bridgehead atoms. The van der Waals surface area contributed by atoms with Gasteiger partial charge in [0.05, 0.1) is 9.99 Å². The van der Waals surface area contributed by atoms with Crippen LogP contribution in [0.3, 0.4) is 0 Å². The number of para-hydroxylation sites is 1. The van der Waals surface area contributed by atoms with Gasteiger partial charge in [-0.2, -0.15) is 5.10 Å². The fourth-order valence-electron chi connectivity index (χ4n) is 2.15. The van der Waals surface area contributed by atoms with Crippen molar-refractivity contribution < 1.29 is 9.18 Å². The molecule has 21 heavy (non-hydrogen) atoms. The summed E-state index contributed by atoms with van der Waals surface area (Å²) in [6.07, 6.45) is 0. The molecular weight excluding hydrogens is 337 g/mol. The Morgan fingerprint density at radius 3 is 2.81 bits per heavy atom. The summed E-state index contributed by atoms with van der Waals surface area (Å²) in [6, 6.07) is 11.8. The van der Waals surface area contributed by atoms with E-state index < -0.39 is 0 Å². The van der Waals surface area contributed by atoms with Crippen LogP contribution in [0.4, 0.5) is 10.1 Å². The zero-order chi connectivity index (χ0) is 15.0. The zero-order valence-electron chi connectivity index (χ0n) is 11.1. The second-order valence-corrected chi connectivity index (χ2v) is 5.43. The minimum absolute atomic E-state index is 0.297. The number of rotatable bonds is 2. The van der Waals surface area contributed by atoms with Crippen molar-refractivity contribution in [3.63, 3.8) is 0 Å². The Kier molecular flexibility index (Phi) is 3.47. The summed E-state index contributed by atoms with van der Waals surface area (Å²) in [6.45, 7) is 0. The number of aromatic nitrogens is 2. The number of carbonyl (C=O) groups excluding carboxylic acids is 1. The number of amides is 1. The molecule has 0 spiro atoms. The first-order valence-electron chi connectivity index (χ1n) is 6.24. The second-order valence-electron chi connectivity index (χ2n) is 4.57. The number of hydrogen-bond acceptors (Lipinski definition) is 2. The van der Waals surface area contributed by atoms with Gasteiger partial charge in [-0.25, -0.2) is 4.39 Å². The molecule has 1 N–H and O–H groups in total. The molecule has 6 heteroatoms. The number of hydrogen-bond donors (Lipinski definition) is 1. The quantitative estimate of drug-likeness (QED) is 0.767. The van der Waals surface area contributed by atoms with Crippen molar-refractivity contribution in [2.45, 2.75) is 0 Å². The van der Waals surface area contributed by atoms with E-state index in [0.717, 1.165) is 10.9 Å². The number of aryl methyl sites for hydroxylation is 1. The van der Waals surface area contributed by atoms with Gasteiger partial charge in [-0.1, -0.05) is 18.2 Å². The number of carbonyl (C=O) groups is 1. The first-order chi connectivity index (χ1) is 10.1. The molecule has 0 radical (unpaired) electrons. The lowest BCUT2D eigenvalue weighted by Gasteiger charge is -2.04. The van der Waals surface area contributed by atoms with Crippen LogP contribution < -0.4 is 5.32 Å². The molecule has 0 unspecified atom stereocenters. The third-order valence-corrected chi connectivity index (χ3v) is 3.76. The van der Waals surface area contributed by atoms with Gasteiger partial charge in [0.15, 0.2) is 5.69 Å². The van der Waals surface area contributed by atoms with Gasteiger partial charge >= 0.3 is 0 Å². The van der Waals surface area contributed by atoms with Crippen LogP contribution >= 0.6 is 15.9 Å². The molecule has 1 heterocycles. The van der Waals surface area contributed by atoms with E-state index in [1.165, 1.54) is 18.2 Å². The van der Waals surface area contributed by atoms with E-state index >= 15 is 0 Å². The maximum absolute atomic E-state index is 13.2. The predicted molar refractivity (Wildman–Crippen MR) is 82.8 cm³/mol. The molecule has 0 aliphatic rings. The lowest BCUT2D eigenvalue weighted by molar-refractivity contribution is 0.102. The van der Waals surface area contributed by atoms with Crippen LogP contribution in [0.5, 0.6) is 0 Å². The fraction of sp³-hybridized carbons (Fsp3) is 0.0667. The van der Waals surface area contributed by atoms with Gasteiger partial charge in [-0.3, -0.25) is 9.48 Å². The third kappa shape index (κ3) is 2.54. The van der Waals surface area contributed by atoms with E-state index in [1.54, 1.807) is 11.7 Å². The van der Waals surface area contributed by atoms with E-state index in [4.69, 9.17) is 0 Å². The lowest BCUT2D eigenvalue weighted by Crippen LogP contribution is -2.13. The van der Waals surface area contributed by atoms with Crippen LogP contribution in [-0.2, 0) is 7.05 Å². The van der Waals surface area contributed by atoms with Crippen molar-refractivity contribution in [1.29, 1.82) is 0 Å². The van der Waals surface area contributed by atoms with Crippen molar-refractivity contribution in [3.8, 4) is 0 Å². The molecule has 0 saturated heterocycles. The molecule has 0 fully saturated rings. The molecule has 0 aliphatic carbocycles. The van der Waals surface area contributed by atoms with Crippen LogP contribution in [0.15, 0.2) is 46.9 Å². The van der Waals surface area contributed by atoms with Crippen LogP contribution in [-0.4, -0.2) is 15.7 Å². The number of fused-ring (bicyclic) bond motifs is 1. The van der Waals surface area contributed by atoms with Crippen molar-refractivity contribution in [2.24, 2.45) is 7.05 Å². The van der Waals surface area contributed by atoms with Gasteiger partial charge in [0.1, 0.15) is 5.82 Å². The molecule has 0 atom stereocenters. The molecule has 106 valence electrons. The summed E-state index contributed by atoms with van der Waals surface area (Å²) in [5.74, 6) is -0.707. The molecule has 0 saturated carbocycles. The molecule has 2 aromatic carbocycles. The van der Waals surface area contributed by atoms with Gasteiger partial charge in [0, 0.05) is 18.1 Å². The normalized spacial score (nSPS) is 10.8. The van der Waals surface area contributed by atoms with Crippen LogP contribution in [0.1, 0.15) is 10.5 Å². The highest BCUT2D eigenvalue weighted by Gasteiger charge is 2.16. The number of nitrogens with zero attached hydrogens (tertiary/aromatic N) is 2. The Morgan fingerprint density at radius 1 is 1.29 bits per heavy atom. The van der Waals surface area contributed by atoms with Crippen molar-refractivity contribution in [1.82, 2.24) is 9.78 Å². The van der Waals surface area contributed by atoms with Gasteiger partial charge in [-0.15, -0.1) is 0 Å². The highest BCUT2D eigenvalue weighted by Crippen LogP contribution is 2.22. The molecule has 3 rings (SSSR count). The van der Waals surface area contributed by atoms with Crippen molar-refractivity contribution in [3.05, 3.63) is 58.4 Å². The van der Waals surface area contributed by atoms with Gasteiger partial charge < -0.3 is 5.32 Å². The third-order valence-electron chi connectivity index (χ3n) is 3.15. The highest BCUT2D eigenvalue weighted by atomic mass is 79.9. The van der Waals surface area contributed by atoms with E-state index in [0.29, 0.717) is 15.9 Å². The zero-order valence-corrected chi connectivity index (χ0v) is 12.7. The topological polar surface area (TPSA) is 46.9 Å². The molecule has 1 amide bonds. The van der Waals surface area contributed by atoms with Gasteiger partial charge in [0.2, 0.25) is 0 Å². The Bertz CT molecular complexity index is 844. The maximum atomic E-state index is 13.2. The Balaban J connectivity index is 1.95. The van der Waals surface area contributed by atoms with E-state index in [9.17, 15) is 9.18 Å². The van der Waals surface area contributed by atoms with Crippen LogP contribution in [0.25, 0.3) is 10.9 Å². The number of nitrogens with one attached hydrogen (secondary N) is 1. The van der Waals surface area contributed by atoms with Crippen LogP contribution in [0.2, 0.25) is 0 Å². The molecular formula is C15H11BrFN3O. The van der Waals surface area contributed by atoms with E-state index in [2.05, 4.69) is 26.3 Å². The summed E-state index contributed by atoms with van der Waals surface area (Å²) in [5.41, 5.74) is 1.72. The average Bonchev–Trinajstić information content (AvgIpc) is 2.81. The van der Waals surface area contributed by atoms with Crippen molar-refractivity contribution >= 4 is 38.4 Å². The van der Waals surface area contributed by atoms with Gasteiger partial charge in [0.25, 0.3) is 5.91 Å². The summed E-state index contributed by atoms with van der Waals surface area (Å²) >= 11 is 3.09. The fourth-order valence-corrected chi connectivity index (χ4v) is 2.52. The Labute approximate surface area is 128 Å². The van der Waals surface area contributed by atoms with Crippen molar-refractivity contribution in [2.75, 3.05) is 5.32 Å². The first-order valence-corrected chi connectivity index (χ1v) is 7.03. The smallest absolute Gasteiger partial charge is 0.276 e. The largest absolute Gasteiger partial charge is 0.321 e. The van der Waals surface area contributed by atoms with E-state index in [1.807, 2.05) is 24.3 Å².